The van der Waals surface area contributed by atoms with Crippen LogP contribution in [-0.2, 0) is 17.1 Å². The average Bonchev–Trinajstić information content (AvgIpc) is 3.17. The SMILES string of the molecule is CCN(CC)S(=O)(=O)c1cc(C(=O)N2CCC(NC(=O)c3ccccc3C)CC2)n(C)c1. The smallest absolute Gasteiger partial charge is 0.270 e. The van der Waals surface area contributed by atoms with Crippen LogP contribution in [0.15, 0.2) is 41.4 Å². The number of carbonyl (C=O) groups is 2. The standard InChI is InChI=1S/C23H32N4O4S/c1-5-27(6-2)32(30,31)19-15-21(25(4)16-19)23(29)26-13-11-18(12-14-26)24-22(28)20-10-8-7-9-17(20)3/h7-10,15-16,18H,5-6,11-14H2,1-4H3,(H,24,28). The number of amides is 2. The zero-order valence-electron chi connectivity index (χ0n) is 19.2. The Morgan fingerprint density at radius 1 is 1.12 bits per heavy atom. The summed E-state index contributed by atoms with van der Waals surface area (Å²) in [6, 6.07) is 8.92. The molecule has 1 N–H and O–H groups in total. The minimum absolute atomic E-state index is 0.00169. The zero-order valence-corrected chi connectivity index (χ0v) is 20.0. The molecule has 0 atom stereocenters. The Bertz CT molecular complexity index is 1080. The van der Waals surface area contributed by atoms with Crippen molar-refractivity contribution in [3.8, 4) is 0 Å². The molecule has 0 saturated carbocycles. The molecule has 32 heavy (non-hydrogen) atoms. The van der Waals surface area contributed by atoms with E-state index in [1.807, 2.05) is 31.2 Å². The van der Waals surface area contributed by atoms with Crippen molar-refractivity contribution in [2.75, 3.05) is 26.2 Å². The molecular weight excluding hydrogens is 428 g/mol. The second-order valence-electron chi connectivity index (χ2n) is 8.12. The Kier molecular flexibility index (Phi) is 7.40. The topological polar surface area (TPSA) is 91.7 Å². The van der Waals surface area contributed by atoms with Gasteiger partial charge in [-0.1, -0.05) is 32.0 Å². The van der Waals surface area contributed by atoms with E-state index in [9.17, 15) is 18.0 Å². The third-order valence-corrected chi connectivity index (χ3v) is 8.06. The van der Waals surface area contributed by atoms with E-state index in [0.717, 1.165) is 5.56 Å². The van der Waals surface area contributed by atoms with Crippen molar-refractivity contribution in [1.82, 2.24) is 19.1 Å². The third-order valence-electron chi connectivity index (χ3n) is 6.05. The van der Waals surface area contributed by atoms with Gasteiger partial charge in [-0.25, -0.2) is 8.42 Å². The summed E-state index contributed by atoms with van der Waals surface area (Å²) in [4.78, 5) is 27.5. The molecule has 9 heteroatoms. The predicted molar refractivity (Wildman–Crippen MR) is 123 cm³/mol. The van der Waals surface area contributed by atoms with E-state index < -0.39 is 10.0 Å². The zero-order chi connectivity index (χ0) is 23.5. The first-order valence-electron chi connectivity index (χ1n) is 11.0. The van der Waals surface area contributed by atoms with E-state index in [-0.39, 0.29) is 22.8 Å². The first kappa shape index (κ1) is 24.0. The average molecular weight is 461 g/mol. The Morgan fingerprint density at radius 3 is 2.34 bits per heavy atom. The molecule has 2 heterocycles. The number of sulfonamides is 1. The summed E-state index contributed by atoms with van der Waals surface area (Å²) in [5.41, 5.74) is 1.94. The van der Waals surface area contributed by atoms with Crippen molar-refractivity contribution >= 4 is 21.8 Å². The minimum atomic E-state index is -3.63. The van der Waals surface area contributed by atoms with E-state index >= 15 is 0 Å². The number of rotatable bonds is 7. The number of hydrogen-bond acceptors (Lipinski definition) is 4. The van der Waals surface area contributed by atoms with Gasteiger partial charge in [-0.2, -0.15) is 4.31 Å². The second-order valence-corrected chi connectivity index (χ2v) is 10.1. The highest BCUT2D eigenvalue weighted by Crippen LogP contribution is 2.21. The van der Waals surface area contributed by atoms with Crippen molar-refractivity contribution in [1.29, 1.82) is 0 Å². The minimum Gasteiger partial charge on any atom is -0.349 e. The predicted octanol–water partition coefficient (Wildman–Crippen LogP) is 2.40. The molecule has 1 aromatic heterocycles. The number of nitrogens with zero attached hydrogens (tertiary/aromatic N) is 3. The van der Waals surface area contributed by atoms with Crippen LogP contribution in [0.1, 0.15) is 53.1 Å². The molecule has 0 spiro atoms. The fourth-order valence-corrected chi connectivity index (χ4v) is 5.61. The Hall–Kier alpha value is -2.65. The van der Waals surface area contributed by atoms with Crippen molar-refractivity contribution in [2.24, 2.45) is 7.05 Å². The molecule has 1 aliphatic rings. The van der Waals surface area contributed by atoms with Crippen molar-refractivity contribution in [2.45, 2.75) is 44.6 Å². The van der Waals surface area contributed by atoms with Gasteiger partial charge in [-0.3, -0.25) is 9.59 Å². The first-order valence-corrected chi connectivity index (χ1v) is 12.4. The molecule has 1 aromatic carbocycles. The van der Waals surface area contributed by atoms with Crippen LogP contribution in [0, 0.1) is 6.92 Å². The lowest BCUT2D eigenvalue weighted by Crippen LogP contribution is -2.47. The molecule has 1 fully saturated rings. The number of aromatic nitrogens is 1. The van der Waals surface area contributed by atoms with E-state index in [1.54, 1.807) is 30.4 Å². The van der Waals surface area contributed by atoms with Crippen molar-refractivity contribution in [3.05, 3.63) is 53.3 Å². The maximum absolute atomic E-state index is 13.1. The van der Waals surface area contributed by atoms with Crippen molar-refractivity contribution < 1.29 is 18.0 Å². The van der Waals surface area contributed by atoms with E-state index in [2.05, 4.69) is 5.32 Å². The van der Waals surface area contributed by atoms with Crippen molar-refractivity contribution in [3.63, 3.8) is 0 Å². The quantitative estimate of drug-likeness (QED) is 0.687. The molecule has 1 saturated heterocycles. The molecule has 174 valence electrons. The molecule has 0 aliphatic carbocycles. The van der Waals surface area contributed by atoms with Crippen LogP contribution in [0.3, 0.4) is 0 Å². The summed E-state index contributed by atoms with van der Waals surface area (Å²) < 4.78 is 28.5. The normalized spacial score (nSPS) is 15.2. The third kappa shape index (κ3) is 4.88. The van der Waals surface area contributed by atoms with Crippen LogP contribution in [0.4, 0.5) is 0 Å². The highest BCUT2D eigenvalue weighted by atomic mass is 32.2. The summed E-state index contributed by atoms with van der Waals surface area (Å²) in [5, 5.41) is 3.07. The van der Waals surface area contributed by atoms with Crippen LogP contribution >= 0.6 is 0 Å². The van der Waals surface area contributed by atoms with Gasteiger partial charge in [0.05, 0.1) is 0 Å². The molecule has 2 amide bonds. The van der Waals surface area contributed by atoms with Gasteiger partial charge < -0.3 is 14.8 Å². The van der Waals surface area contributed by atoms with Crippen LogP contribution in [0.2, 0.25) is 0 Å². The number of benzene rings is 1. The summed E-state index contributed by atoms with van der Waals surface area (Å²) in [7, 11) is -1.94. The van der Waals surface area contributed by atoms with Gasteiger partial charge in [0.25, 0.3) is 11.8 Å². The molecule has 0 unspecified atom stereocenters. The summed E-state index contributed by atoms with van der Waals surface area (Å²) in [6.45, 7) is 7.24. The monoisotopic (exact) mass is 460 g/mol. The van der Waals surface area contributed by atoms with Crippen LogP contribution < -0.4 is 5.32 Å². The van der Waals surface area contributed by atoms with Gasteiger partial charge in [-0.15, -0.1) is 0 Å². The van der Waals surface area contributed by atoms with Gasteiger partial charge in [0.2, 0.25) is 10.0 Å². The van der Waals surface area contributed by atoms with Gasteiger partial charge >= 0.3 is 0 Å². The first-order chi connectivity index (χ1) is 15.2. The van der Waals surface area contributed by atoms with Gasteiger partial charge in [-0.05, 0) is 37.5 Å². The molecule has 8 nitrogen and oxygen atoms in total. The van der Waals surface area contributed by atoms with Crippen LogP contribution in [0.25, 0.3) is 0 Å². The number of piperidine rings is 1. The Morgan fingerprint density at radius 2 is 1.75 bits per heavy atom. The number of carbonyl (C=O) groups excluding carboxylic acids is 2. The lowest BCUT2D eigenvalue weighted by Gasteiger charge is -2.32. The number of nitrogens with one attached hydrogen (secondary N) is 1. The largest absolute Gasteiger partial charge is 0.349 e. The molecule has 1 aliphatic heterocycles. The van der Waals surface area contributed by atoms with E-state index in [1.165, 1.54) is 16.6 Å². The number of likely N-dealkylation sites (tertiary alicyclic amines) is 1. The van der Waals surface area contributed by atoms with E-state index in [4.69, 9.17) is 0 Å². The fourth-order valence-electron chi connectivity index (χ4n) is 4.08. The Balaban J connectivity index is 1.64. The fraction of sp³-hybridized carbons (Fsp3) is 0.478. The lowest BCUT2D eigenvalue weighted by molar-refractivity contribution is 0.0689. The summed E-state index contributed by atoms with van der Waals surface area (Å²) in [5.74, 6) is -0.293. The maximum atomic E-state index is 13.1. The lowest BCUT2D eigenvalue weighted by atomic mass is 10.0. The number of hydrogen-bond donors (Lipinski definition) is 1. The molecule has 3 rings (SSSR count). The Labute approximate surface area is 190 Å². The summed E-state index contributed by atoms with van der Waals surface area (Å²) in [6.07, 6.45) is 2.80. The molecule has 2 aromatic rings. The summed E-state index contributed by atoms with van der Waals surface area (Å²) >= 11 is 0. The number of aryl methyl sites for hydroxylation is 2. The van der Waals surface area contributed by atoms with Gasteiger partial charge in [0, 0.05) is 51.0 Å². The van der Waals surface area contributed by atoms with E-state index in [0.29, 0.717) is 50.3 Å². The van der Waals surface area contributed by atoms with Crippen LogP contribution in [0.5, 0.6) is 0 Å². The highest BCUT2D eigenvalue weighted by molar-refractivity contribution is 7.89. The highest BCUT2D eigenvalue weighted by Gasteiger charge is 2.29. The molecule has 0 radical (unpaired) electrons. The maximum Gasteiger partial charge on any atom is 0.270 e. The second kappa shape index (κ2) is 9.87. The van der Waals surface area contributed by atoms with Gasteiger partial charge in [0.1, 0.15) is 10.6 Å². The molecule has 0 bridgehead atoms. The molecular formula is C23H32N4O4S. The van der Waals surface area contributed by atoms with Gasteiger partial charge in [0.15, 0.2) is 0 Å². The van der Waals surface area contributed by atoms with Crippen LogP contribution in [-0.4, -0.2) is 66.2 Å².